The lowest BCUT2D eigenvalue weighted by Gasteiger charge is -2.08. The second-order valence-corrected chi connectivity index (χ2v) is 6.70. The first kappa shape index (κ1) is 14.9. The lowest BCUT2D eigenvalue weighted by molar-refractivity contribution is 0.103. The number of fused-ring (bicyclic) bond motifs is 1. The van der Waals surface area contributed by atoms with Crippen LogP contribution in [0, 0.1) is 13.8 Å². The third kappa shape index (κ3) is 2.80. The number of hydrogen-bond donors (Lipinski definition) is 2. The zero-order valence-electron chi connectivity index (χ0n) is 12.1. The minimum Gasteiger partial charge on any atom is -0.508 e. The second kappa shape index (κ2) is 5.63. The van der Waals surface area contributed by atoms with Gasteiger partial charge in [0.1, 0.15) is 5.75 Å². The summed E-state index contributed by atoms with van der Waals surface area (Å²) < 4.78 is 0.973. The molecule has 1 amide bonds. The lowest BCUT2D eigenvalue weighted by Crippen LogP contribution is -2.10. The molecule has 3 nitrogen and oxygen atoms in total. The Morgan fingerprint density at radius 3 is 2.68 bits per heavy atom. The summed E-state index contributed by atoms with van der Waals surface area (Å²) in [5, 5.41) is 14.3. The highest BCUT2D eigenvalue weighted by atomic mass is 35.5. The number of aryl methyl sites for hydroxylation is 1. The number of carbonyl (C=O) groups excluding carboxylic acids is 1. The third-order valence-corrected chi connectivity index (χ3v) is 4.94. The maximum absolute atomic E-state index is 12.4. The van der Waals surface area contributed by atoms with Gasteiger partial charge in [-0.3, -0.25) is 4.79 Å². The molecule has 0 aliphatic carbocycles. The first-order chi connectivity index (χ1) is 10.4. The molecule has 3 aromatic rings. The number of thiophene rings is 1. The Bertz CT molecular complexity index is 862. The first-order valence-corrected chi connectivity index (χ1v) is 7.94. The number of anilines is 1. The summed E-state index contributed by atoms with van der Waals surface area (Å²) in [6.45, 7) is 3.73. The van der Waals surface area contributed by atoms with Crippen molar-refractivity contribution in [1.82, 2.24) is 0 Å². The van der Waals surface area contributed by atoms with Crippen molar-refractivity contribution in [2.75, 3.05) is 5.32 Å². The van der Waals surface area contributed by atoms with Gasteiger partial charge in [-0.25, -0.2) is 0 Å². The first-order valence-electron chi connectivity index (χ1n) is 6.75. The summed E-state index contributed by atoms with van der Waals surface area (Å²) in [6.07, 6.45) is 0. The molecule has 0 aliphatic rings. The number of phenols is 1. The van der Waals surface area contributed by atoms with Crippen LogP contribution in [0.5, 0.6) is 5.75 Å². The third-order valence-electron chi connectivity index (χ3n) is 3.60. The Hall–Kier alpha value is -2.04. The van der Waals surface area contributed by atoms with E-state index in [9.17, 15) is 9.90 Å². The molecule has 0 aliphatic heterocycles. The number of aromatic hydroxyl groups is 1. The molecule has 0 fully saturated rings. The van der Waals surface area contributed by atoms with Gasteiger partial charge in [-0.1, -0.05) is 17.7 Å². The van der Waals surface area contributed by atoms with Gasteiger partial charge < -0.3 is 10.4 Å². The van der Waals surface area contributed by atoms with E-state index in [1.54, 1.807) is 12.1 Å². The minimum absolute atomic E-state index is 0.179. The van der Waals surface area contributed by atoms with Gasteiger partial charge in [-0.05, 0) is 54.6 Å². The average molecular weight is 332 g/mol. The fraction of sp³-hybridized carbons (Fsp3) is 0.118. The van der Waals surface area contributed by atoms with Crippen LogP contribution in [0.15, 0.2) is 36.4 Å². The van der Waals surface area contributed by atoms with Crippen molar-refractivity contribution in [3.63, 3.8) is 0 Å². The molecule has 22 heavy (non-hydrogen) atoms. The van der Waals surface area contributed by atoms with Crippen LogP contribution in [-0.2, 0) is 0 Å². The highest BCUT2D eigenvalue weighted by Gasteiger charge is 2.12. The Kier molecular flexibility index (Phi) is 3.81. The SMILES string of the molecule is Cc1cc(NC(=O)c2cc3ccc(Cl)cc3s2)cc(O)c1C. The summed E-state index contributed by atoms with van der Waals surface area (Å²) in [6, 6.07) is 10.8. The average Bonchev–Trinajstić information content (AvgIpc) is 2.87. The normalized spacial score (nSPS) is 10.9. The van der Waals surface area contributed by atoms with E-state index in [1.807, 2.05) is 38.1 Å². The van der Waals surface area contributed by atoms with Gasteiger partial charge in [0.25, 0.3) is 5.91 Å². The summed E-state index contributed by atoms with van der Waals surface area (Å²) >= 11 is 7.36. The van der Waals surface area contributed by atoms with Crippen molar-refractivity contribution < 1.29 is 9.90 Å². The zero-order valence-corrected chi connectivity index (χ0v) is 13.7. The van der Waals surface area contributed by atoms with E-state index in [-0.39, 0.29) is 11.7 Å². The molecule has 2 N–H and O–H groups in total. The molecule has 3 rings (SSSR count). The Balaban J connectivity index is 1.90. The van der Waals surface area contributed by atoms with Crippen LogP contribution in [0.3, 0.4) is 0 Å². The molecule has 0 saturated carbocycles. The van der Waals surface area contributed by atoms with E-state index in [1.165, 1.54) is 11.3 Å². The molecule has 5 heteroatoms. The van der Waals surface area contributed by atoms with Crippen LogP contribution >= 0.6 is 22.9 Å². The van der Waals surface area contributed by atoms with E-state index in [4.69, 9.17) is 11.6 Å². The summed E-state index contributed by atoms with van der Waals surface area (Å²) in [5.74, 6) is -0.0154. The van der Waals surface area contributed by atoms with Gasteiger partial charge in [0, 0.05) is 21.5 Å². The molecule has 1 aromatic heterocycles. The van der Waals surface area contributed by atoms with Gasteiger partial charge in [-0.2, -0.15) is 0 Å². The monoisotopic (exact) mass is 331 g/mol. The van der Waals surface area contributed by atoms with Gasteiger partial charge in [0.2, 0.25) is 0 Å². The number of hydrogen-bond acceptors (Lipinski definition) is 3. The van der Waals surface area contributed by atoms with Crippen LogP contribution < -0.4 is 5.32 Å². The van der Waals surface area contributed by atoms with Gasteiger partial charge in [-0.15, -0.1) is 11.3 Å². The molecular weight excluding hydrogens is 318 g/mol. The maximum Gasteiger partial charge on any atom is 0.265 e. The van der Waals surface area contributed by atoms with Crippen LogP contribution in [0.2, 0.25) is 5.02 Å². The molecule has 0 spiro atoms. The largest absolute Gasteiger partial charge is 0.508 e. The smallest absolute Gasteiger partial charge is 0.265 e. The van der Waals surface area contributed by atoms with Crippen LogP contribution in [-0.4, -0.2) is 11.0 Å². The molecule has 112 valence electrons. The predicted molar refractivity (Wildman–Crippen MR) is 92.4 cm³/mol. The number of rotatable bonds is 2. The van der Waals surface area contributed by atoms with E-state index in [0.717, 1.165) is 21.2 Å². The summed E-state index contributed by atoms with van der Waals surface area (Å²) in [7, 11) is 0. The topological polar surface area (TPSA) is 49.3 Å². The highest BCUT2D eigenvalue weighted by Crippen LogP contribution is 2.30. The van der Waals surface area contributed by atoms with E-state index in [0.29, 0.717) is 15.6 Å². The second-order valence-electron chi connectivity index (χ2n) is 5.18. The molecule has 1 heterocycles. The van der Waals surface area contributed by atoms with Gasteiger partial charge in [0.05, 0.1) is 4.88 Å². The maximum atomic E-state index is 12.4. The quantitative estimate of drug-likeness (QED) is 0.684. The number of amides is 1. The van der Waals surface area contributed by atoms with Crippen molar-refractivity contribution in [2.45, 2.75) is 13.8 Å². The highest BCUT2D eigenvalue weighted by molar-refractivity contribution is 7.21. The van der Waals surface area contributed by atoms with Crippen molar-refractivity contribution in [3.05, 3.63) is 57.4 Å². The molecule has 0 bridgehead atoms. The number of phenolic OH excluding ortho intramolecular Hbond substituents is 1. The predicted octanol–water partition coefficient (Wildman–Crippen LogP) is 5.13. The Morgan fingerprint density at radius 1 is 1.18 bits per heavy atom. The van der Waals surface area contributed by atoms with Crippen molar-refractivity contribution >= 4 is 44.6 Å². The van der Waals surface area contributed by atoms with Crippen LogP contribution in [0.1, 0.15) is 20.8 Å². The lowest BCUT2D eigenvalue weighted by atomic mass is 10.1. The molecule has 0 radical (unpaired) electrons. The fourth-order valence-electron chi connectivity index (χ4n) is 2.22. The number of carbonyl (C=O) groups is 1. The van der Waals surface area contributed by atoms with Crippen molar-refractivity contribution in [2.24, 2.45) is 0 Å². The fourth-order valence-corrected chi connectivity index (χ4v) is 3.46. The zero-order chi connectivity index (χ0) is 15.9. The standard InChI is InChI=1S/C17H14ClNO2S/c1-9-5-13(8-14(20)10(9)2)19-17(21)16-6-11-3-4-12(18)7-15(11)22-16/h3-8,20H,1-2H3,(H,19,21). The van der Waals surface area contributed by atoms with E-state index in [2.05, 4.69) is 5.32 Å². The molecule has 2 aromatic carbocycles. The molecular formula is C17H14ClNO2S. The van der Waals surface area contributed by atoms with Crippen LogP contribution in [0.4, 0.5) is 5.69 Å². The van der Waals surface area contributed by atoms with Gasteiger partial charge in [0.15, 0.2) is 0 Å². The van der Waals surface area contributed by atoms with Crippen molar-refractivity contribution in [1.29, 1.82) is 0 Å². The number of benzene rings is 2. The summed E-state index contributed by atoms with van der Waals surface area (Å²) in [4.78, 5) is 13.0. The van der Waals surface area contributed by atoms with E-state index >= 15 is 0 Å². The molecule has 0 unspecified atom stereocenters. The molecule has 0 atom stereocenters. The summed E-state index contributed by atoms with van der Waals surface area (Å²) in [5.41, 5.74) is 2.33. The minimum atomic E-state index is -0.194. The molecule has 0 saturated heterocycles. The van der Waals surface area contributed by atoms with Crippen molar-refractivity contribution in [3.8, 4) is 5.75 Å². The van der Waals surface area contributed by atoms with E-state index < -0.39 is 0 Å². The van der Waals surface area contributed by atoms with Gasteiger partial charge >= 0.3 is 0 Å². The Morgan fingerprint density at radius 2 is 1.95 bits per heavy atom. The number of nitrogens with one attached hydrogen (secondary N) is 1. The number of halogens is 1. The van der Waals surface area contributed by atoms with Crippen LogP contribution in [0.25, 0.3) is 10.1 Å². The Labute approximate surface area is 137 Å².